The zero-order chi connectivity index (χ0) is 16.8. The second-order valence-electron chi connectivity index (χ2n) is 5.01. The maximum Gasteiger partial charge on any atom is 0.407 e. The summed E-state index contributed by atoms with van der Waals surface area (Å²) in [7, 11) is 0. The number of alkyl carbamates (subject to hydrolysis) is 1. The Hall–Kier alpha value is -3.02. The number of amides is 1. The van der Waals surface area contributed by atoms with Crippen molar-refractivity contribution in [2.45, 2.75) is 19.6 Å². The van der Waals surface area contributed by atoms with E-state index >= 15 is 0 Å². The van der Waals surface area contributed by atoms with Crippen LogP contribution in [0.5, 0.6) is 5.75 Å². The number of carbonyl (C=O) groups excluding carboxylic acids is 1. The number of hydrogen-bond acceptors (Lipinski definition) is 4. The summed E-state index contributed by atoms with van der Waals surface area (Å²) in [6.07, 6.45) is -0.605. The average molecular weight is 315 g/mol. The molecular formula is C17H17NO5. The van der Waals surface area contributed by atoms with E-state index in [1.54, 1.807) is 13.0 Å². The first-order chi connectivity index (χ1) is 11.0. The van der Waals surface area contributed by atoms with Crippen molar-refractivity contribution in [2.24, 2.45) is 0 Å². The van der Waals surface area contributed by atoms with Crippen LogP contribution in [0, 0.1) is 0 Å². The molecule has 0 aliphatic carbocycles. The van der Waals surface area contributed by atoms with E-state index in [0.29, 0.717) is 5.56 Å². The molecule has 1 atom stereocenters. The Kier molecular flexibility index (Phi) is 5.19. The van der Waals surface area contributed by atoms with E-state index in [1.807, 2.05) is 30.3 Å². The van der Waals surface area contributed by atoms with Crippen molar-refractivity contribution < 1.29 is 24.5 Å². The smallest absolute Gasteiger partial charge is 0.407 e. The minimum Gasteiger partial charge on any atom is -0.507 e. The SMILES string of the molecule is CC(NC(=O)OCc1ccccc1)c1ccc(O)c(C(=O)O)c1. The van der Waals surface area contributed by atoms with Gasteiger partial charge in [-0.1, -0.05) is 36.4 Å². The number of phenols is 1. The molecule has 0 radical (unpaired) electrons. The fraction of sp³-hybridized carbons (Fsp3) is 0.176. The summed E-state index contributed by atoms with van der Waals surface area (Å²) in [5.41, 5.74) is 1.21. The van der Waals surface area contributed by atoms with E-state index in [-0.39, 0.29) is 17.9 Å². The fourth-order valence-corrected chi connectivity index (χ4v) is 2.02. The number of benzene rings is 2. The summed E-state index contributed by atoms with van der Waals surface area (Å²) in [4.78, 5) is 22.8. The highest BCUT2D eigenvalue weighted by molar-refractivity contribution is 5.91. The molecule has 0 spiro atoms. The monoisotopic (exact) mass is 315 g/mol. The molecule has 1 amide bonds. The number of nitrogens with one attached hydrogen (secondary N) is 1. The van der Waals surface area contributed by atoms with Crippen LogP contribution < -0.4 is 5.32 Å². The molecule has 0 saturated heterocycles. The molecule has 2 aromatic rings. The topological polar surface area (TPSA) is 95.9 Å². The number of carboxylic acids is 1. The lowest BCUT2D eigenvalue weighted by Gasteiger charge is -2.15. The highest BCUT2D eigenvalue weighted by Gasteiger charge is 2.15. The minimum absolute atomic E-state index is 0.148. The molecule has 0 heterocycles. The van der Waals surface area contributed by atoms with Crippen molar-refractivity contribution in [3.8, 4) is 5.75 Å². The zero-order valence-electron chi connectivity index (χ0n) is 12.5. The Bertz CT molecular complexity index is 699. The van der Waals surface area contributed by atoms with Crippen LogP contribution in [0.15, 0.2) is 48.5 Å². The summed E-state index contributed by atoms with van der Waals surface area (Å²) in [5, 5.41) is 21.1. The van der Waals surface area contributed by atoms with Crippen molar-refractivity contribution in [3.05, 3.63) is 65.2 Å². The third-order valence-electron chi connectivity index (χ3n) is 3.30. The van der Waals surface area contributed by atoms with Gasteiger partial charge in [0.05, 0.1) is 6.04 Å². The third kappa shape index (κ3) is 4.47. The first-order valence-corrected chi connectivity index (χ1v) is 7.01. The van der Waals surface area contributed by atoms with Gasteiger partial charge in [0.2, 0.25) is 0 Å². The Morgan fingerprint density at radius 3 is 2.52 bits per heavy atom. The van der Waals surface area contributed by atoms with E-state index in [0.717, 1.165) is 5.56 Å². The van der Waals surface area contributed by atoms with Gasteiger partial charge in [-0.15, -0.1) is 0 Å². The van der Waals surface area contributed by atoms with E-state index in [4.69, 9.17) is 9.84 Å². The average Bonchev–Trinajstić information content (AvgIpc) is 2.54. The van der Waals surface area contributed by atoms with Gasteiger partial charge in [-0.3, -0.25) is 0 Å². The predicted molar refractivity (Wildman–Crippen MR) is 83.2 cm³/mol. The molecule has 1 unspecified atom stereocenters. The van der Waals surface area contributed by atoms with Crippen molar-refractivity contribution in [2.75, 3.05) is 0 Å². The Morgan fingerprint density at radius 2 is 1.87 bits per heavy atom. The maximum absolute atomic E-state index is 11.8. The predicted octanol–water partition coefficient (Wildman–Crippen LogP) is 3.08. The van der Waals surface area contributed by atoms with Gasteiger partial charge >= 0.3 is 12.1 Å². The van der Waals surface area contributed by atoms with Gasteiger partial charge < -0.3 is 20.3 Å². The van der Waals surface area contributed by atoms with Crippen molar-refractivity contribution in [3.63, 3.8) is 0 Å². The molecule has 120 valence electrons. The normalized spacial score (nSPS) is 11.5. The van der Waals surface area contributed by atoms with Gasteiger partial charge in [0.25, 0.3) is 0 Å². The molecule has 6 heteroatoms. The number of carboxylic acid groups (broad SMARTS) is 1. The molecular weight excluding hydrogens is 298 g/mol. The van der Waals surface area contributed by atoms with Crippen molar-refractivity contribution >= 4 is 12.1 Å². The quantitative estimate of drug-likeness (QED) is 0.788. The van der Waals surface area contributed by atoms with Gasteiger partial charge in [0.15, 0.2) is 0 Å². The van der Waals surface area contributed by atoms with Crippen LogP contribution >= 0.6 is 0 Å². The van der Waals surface area contributed by atoms with E-state index in [2.05, 4.69) is 5.32 Å². The van der Waals surface area contributed by atoms with E-state index < -0.39 is 18.1 Å². The maximum atomic E-state index is 11.8. The van der Waals surface area contributed by atoms with E-state index in [9.17, 15) is 14.7 Å². The standard InChI is InChI=1S/C17H17NO5/c1-11(13-7-8-15(19)14(9-13)16(20)21)18-17(22)23-10-12-5-3-2-4-6-12/h2-9,11,19H,10H2,1H3,(H,18,22)(H,20,21). The van der Waals surface area contributed by atoms with Crippen molar-refractivity contribution in [1.82, 2.24) is 5.32 Å². The molecule has 0 aromatic heterocycles. The largest absolute Gasteiger partial charge is 0.507 e. The minimum atomic E-state index is -1.23. The Morgan fingerprint density at radius 1 is 1.17 bits per heavy atom. The van der Waals surface area contributed by atoms with Crippen LogP contribution in [0.2, 0.25) is 0 Å². The second-order valence-corrected chi connectivity index (χ2v) is 5.01. The van der Waals surface area contributed by atoms with E-state index in [1.165, 1.54) is 12.1 Å². The number of rotatable bonds is 5. The fourth-order valence-electron chi connectivity index (χ4n) is 2.02. The van der Waals surface area contributed by atoms with Crippen LogP contribution in [0.25, 0.3) is 0 Å². The molecule has 6 nitrogen and oxygen atoms in total. The molecule has 0 aliphatic rings. The first-order valence-electron chi connectivity index (χ1n) is 7.01. The summed E-state index contributed by atoms with van der Waals surface area (Å²) in [5.74, 6) is -1.55. The van der Waals surface area contributed by atoms with Gasteiger partial charge in [0, 0.05) is 0 Å². The number of aromatic hydroxyl groups is 1. The summed E-state index contributed by atoms with van der Waals surface area (Å²) >= 11 is 0. The second kappa shape index (κ2) is 7.31. The summed E-state index contributed by atoms with van der Waals surface area (Å²) in [6, 6.07) is 12.9. The number of aromatic carboxylic acids is 1. The van der Waals surface area contributed by atoms with Gasteiger partial charge in [0.1, 0.15) is 17.9 Å². The molecule has 0 saturated carbocycles. The molecule has 0 bridgehead atoms. The number of hydrogen-bond donors (Lipinski definition) is 3. The lowest BCUT2D eigenvalue weighted by Crippen LogP contribution is -2.27. The van der Waals surface area contributed by atoms with Gasteiger partial charge in [-0.25, -0.2) is 9.59 Å². The molecule has 23 heavy (non-hydrogen) atoms. The Balaban J connectivity index is 1.96. The molecule has 0 aliphatic heterocycles. The number of carbonyl (C=O) groups is 2. The van der Waals surface area contributed by atoms with Crippen LogP contribution in [0.4, 0.5) is 4.79 Å². The van der Waals surface area contributed by atoms with Crippen LogP contribution in [-0.2, 0) is 11.3 Å². The molecule has 0 fully saturated rings. The van der Waals surface area contributed by atoms with Gasteiger partial charge in [-0.05, 0) is 30.2 Å². The molecule has 2 aromatic carbocycles. The van der Waals surface area contributed by atoms with Crippen LogP contribution in [0.1, 0.15) is 34.5 Å². The first kappa shape index (κ1) is 16.4. The molecule has 2 rings (SSSR count). The highest BCUT2D eigenvalue weighted by atomic mass is 16.5. The third-order valence-corrected chi connectivity index (χ3v) is 3.30. The van der Waals surface area contributed by atoms with Crippen molar-refractivity contribution in [1.29, 1.82) is 0 Å². The highest BCUT2D eigenvalue weighted by Crippen LogP contribution is 2.22. The van der Waals surface area contributed by atoms with Crippen LogP contribution in [-0.4, -0.2) is 22.3 Å². The summed E-state index contributed by atoms with van der Waals surface area (Å²) in [6.45, 7) is 1.84. The van der Waals surface area contributed by atoms with Crippen LogP contribution in [0.3, 0.4) is 0 Å². The summed E-state index contributed by atoms with van der Waals surface area (Å²) < 4.78 is 5.11. The Labute approximate surface area is 133 Å². The number of ether oxygens (including phenoxy) is 1. The molecule has 3 N–H and O–H groups in total. The lowest BCUT2D eigenvalue weighted by atomic mass is 10.0. The zero-order valence-corrected chi connectivity index (χ0v) is 12.5. The lowest BCUT2D eigenvalue weighted by molar-refractivity contribution is 0.0693. The van der Waals surface area contributed by atoms with Gasteiger partial charge in [-0.2, -0.15) is 0 Å².